The Morgan fingerprint density at radius 2 is 1.96 bits per heavy atom. The number of benzene rings is 2. The quantitative estimate of drug-likeness (QED) is 0.549. The van der Waals surface area contributed by atoms with Crippen molar-refractivity contribution in [3.63, 3.8) is 0 Å². The molecule has 136 valence electrons. The molecule has 6 nitrogen and oxygen atoms in total. The molecule has 1 N–H and O–H groups in total. The van der Waals surface area contributed by atoms with E-state index in [9.17, 15) is 4.79 Å². The fraction of sp³-hybridized carbons (Fsp3) is 0.150. The van der Waals surface area contributed by atoms with E-state index in [0.29, 0.717) is 10.9 Å². The van der Waals surface area contributed by atoms with Crippen molar-refractivity contribution in [2.24, 2.45) is 0 Å². The number of aryl methyl sites for hydroxylation is 2. The normalized spacial score (nSPS) is 10.9. The van der Waals surface area contributed by atoms with Crippen LogP contribution in [0.2, 0.25) is 0 Å². The number of nitrogens with zero attached hydrogens (tertiary/aromatic N) is 2. The van der Waals surface area contributed by atoms with Gasteiger partial charge in [0.05, 0.1) is 17.3 Å². The minimum Gasteiger partial charge on any atom is -0.497 e. The summed E-state index contributed by atoms with van der Waals surface area (Å²) in [4.78, 5) is 16.9. The minimum atomic E-state index is -0.361. The smallest absolute Gasteiger partial charge is 0.279 e. The van der Waals surface area contributed by atoms with E-state index in [1.165, 1.54) is 16.9 Å². The second-order valence-electron chi connectivity index (χ2n) is 6.18. The van der Waals surface area contributed by atoms with Gasteiger partial charge in [-0.3, -0.25) is 10.1 Å². The van der Waals surface area contributed by atoms with Crippen LogP contribution in [0.1, 0.15) is 21.6 Å². The van der Waals surface area contributed by atoms with Gasteiger partial charge >= 0.3 is 0 Å². The Morgan fingerprint density at radius 3 is 2.74 bits per heavy atom. The summed E-state index contributed by atoms with van der Waals surface area (Å²) in [6, 6.07) is 13.2. The maximum absolute atomic E-state index is 12.5. The lowest BCUT2D eigenvalue weighted by Crippen LogP contribution is -2.11. The van der Waals surface area contributed by atoms with Crippen LogP contribution in [0.25, 0.3) is 21.5 Å². The molecule has 2 aromatic carbocycles. The molecule has 2 heterocycles. The largest absolute Gasteiger partial charge is 0.497 e. The van der Waals surface area contributed by atoms with Crippen molar-refractivity contribution >= 4 is 32.6 Å². The lowest BCUT2D eigenvalue weighted by atomic mass is 10.0. The summed E-state index contributed by atoms with van der Waals surface area (Å²) in [6.07, 6.45) is 0. The summed E-state index contributed by atoms with van der Waals surface area (Å²) in [7, 11) is 1.61. The van der Waals surface area contributed by atoms with Crippen LogP contribution >= 0.6 is 11.3 Å². The van der Waals surface area contributed by atoms with E-state index in [-0.39, 0.29) is 11.6 Å². The Kier molecular flexibility index (Phi) is 4.37. The van der Waals surface area contributed by atoms with Crippen LogP contribution < -0.4 is 10.1 Å². The molecule has 2 aromatic heterocycles. The van der Waals surface area contributed by atoms with Crippen molar-refractivity contribution in [2.75, 3.05) is 12.4 Å². The number of rotatable bonds is 4. The second-order valence-corrected chi connectivity index (χ2v) is 7.21. The number of hydrogen-bond acceptors (Lipinski definition) is 6. The number of carbonyl (C=O) groups excluding carboxylic acids is 1. The third-order valence-corrected chi connectivity index (χ3v) is 5.28. The van der Waals surface area contributed by atoms with Crippen molar-refractivity contribution < 1.29 is 14.1 Å². The van der Waals surface area contributed by atoms with Gasteiger partial charge in [-0.15, -0.1) is 0 Å². The van der Waals surface area contributed by atoms with Gasteiger partial charge in [-0.25, -0.2) is 4.98 Å². The zero-order valence-electron chi connectivity index (χ0n) is 15.1. The van der Waals surface area contributed by atoms with Gasteiger partial charge in [0.1, 0.15) is 5.75 Å². The number of methoxy groups -OCH3 is 1. The number of nitrogens with one attached hydrogen (secondary N) is 1. The Bertz CT molecular complexity index is 1150. The van der Waals surface area contributed by atoms with Crippen LogP contribution in [-0.2, 0) is 0 Å². The highest BCUT2D eigenvalue weighted by atomic mass is 32.1. The number of ether oxygens (including phenoxy) is 1. The molecule has 7 heteroatoms. The minimum absolute atomic E-state index is 0.208. The van der Waals surface area contributed by atoms with Gasteiger partial charge in [0.15, 0.2) is 16.6 Å². The molecule has 4 rings (SSSR count). The van der Waals surface area contributed by atoms with Crippen LogP contribution in [0.4, 0.5) is 5.13 Å². The van der Waals surface area contributed by atoms with E-state index in [2.05, 4.69) is 15.5 Å². The average molecular weight is 379 g/mol. The van der Waals surface area contributed by atoms with E-state index in [0.717, 1.165) is 27.1 Å². The van der Waals surface area contributed by atoms with Crippen LogP contribution in [0.15, 0.2) is 47.0 Å². The molecule has 0 atom stereocenters. The SMILES string of the molecule is COc1ccc2nc(NC(=O)c3cc(-c4ccc(C)c(C)c4)on3)sc2c1. The van der Waals surface area contributed by atoms with Crippen molar-refractivity contribution in [1.29, 1.82) is 0 Å². The van der Waals surface area contributed by atoms with Gasteiger partial charge in [-0.2, -0.15) is 0 Å². The summed E-state index contributed by atoms with van der Waals surface area (Å²) < 4.78 is 11.5. The van der Waals surface area contributed by atoms with Gasteiger partial charge in [0.25, 0.3) is 5.91 Å². The van der Waals surface area contributed by atoms with E-state index in [4.69, 9.17) is 9.26 Å². The molecular weight excluding hydrogens is 362 g/mol. The number of amides is 1. The molecule has 0 unspecified atom stereocenters. The Morgan fingerprint density at radius 1 is 1.11 bits per heavy atom. The van der Waals surface area contributed by atoms with Crippen molar-refractivity contribution in [2.45, 2.75) is 13.8 Å². The lowest BCUT2D eigenvalue weighted by Gasteiger charge is -2.01. The summed E-state index contributed by atoms with van der Waals surface area (Å²) >= 11 is 1.38. The summed E-state index contributed by atoms with van der Waals surface area (Å²) in [6.45, 7) is 4.08. The Labute approximate surface area is 159 Å². The maximum Gasteiger partial charge on any atom is 0.279 e. The zero-order valence-corrected chi connectivity index (χ0v) is 15.9. The zero-order chi connectivity index (χ0) is 19.0. The maximum atomic E-state index is 12.5. The molecule has 0 bridgehead atoms. The molecule has 0 aliphatic carbocycles. The van der Waals surface area contributed by atoms with Crippen molar-refractivity contribution in [3.05, 3.63) is 59.3 Å². The number of hydrogen-bond donors (Lipinski definition) is 1. The molecule has 0 saturated heterocycles. The first-order chi connectivity index (χ1) is 13.0. The highest BCUT2D eigenvalue weighted by Crippen LogP contribution is 2.29. The highest BCUT2D eigenvalue weighted by Gasteiger charge is 2.16. The molecule has 4 aromatic rings. The predicted molar refractivity (Wildman–Crippen MR) is 106 cm³/mol. The average Bonchev–Trinajstić information content (AvgIpc) is 3.30. The van der Waals surface area contributed by atoms with E-state index in [1.807, 2.05) is 50.2 Å². The Hall–Kier alpha value is -3.19. The molecule has 0 aliphatic heterocycles. The van der Waals surface area contributed by atoms with E-state index >= 15 is 0 Å². The lowest BCUT2D eigenvalue weighted by molar-refractivity contribution is 0.101. The summed E-state index contributed by atoms with van der Waals surface area (Å²) in [5, 5.41) is 7.17. The fourth-order valence-corrected chi connectivity index (χ4v) is 3.55. The molecule has 1 amide bonds. The standard InChI is InChI=1S/C20H17N3O3S/c1-11-4-5-13(8-12(11)2)17-10-16(23-26-17)19(24)22-20-21-15-7-6-14(25-3)9-18(15)27-20/h4-10H,1-3H3,(H,21,22,24). The first kappa shape index (κ1) is 17.2. The van der Waals surface area contributed by atoms with Gasteiger partial charge in [0.2, 0.25) is 0 Å². The van der Waals surface area contributed by atoms with Gasteiger partial charge in [0, 0.05) is 11.6 Å². The Balaban J connectivity index is 1.55. The molecule has 0 saturated carbocycles. The first-order valence-corrected chi connectivity index (χ1v) is 9.15. The summed E-state index contributed by atoms with van der Waals surface area (Å²) in [5.74, 6) is 0.940. The number of fused-ring (bicyclic) bond motifs is 1. The number of thiazole rings is 1. The number of aromatic nitrogens is 2. The molecule has 0 aliphatic rings. The number of anilines is 1. The first-order valence-electron chi connectivity index (χ1n) is 8.34. The van der Waals surface area contributed by atoms with Gasteiger partial charge < -0.3 is 9.26 Å². The van der Waals surface area contributed by atoms with Gasteiger partial charge in [-0.05, 0) is 49.2 Å². The van der Waals surface area contributed by atoms with Gasteiger partial charge in [-0.1, -0.05) is 28.6 Å². The van der Waals surface area contributed by atoms with Crippen LogP contribution in [-0.4, -0.2) is 23.2 Å². The van der Waals surface area contributed by atoms with Crippen LogP contribution in [0, 0.1) is 13.8 Å². The fourth-order valence-electron chi connectivity index (χ4n) is 2.66. The van der Waals surface area contributed by atoms with E-state index in [1.54, 1.807) is 13.2 Å². The predicted octanol–water partition coefficient (Wildman–Crippen LogP) is 4.83. The third-order valence-electron chi connectivity index (χ3n) is 4.35. The van der Waals surface area contributed by atoms with Crippen LogP contribution in [0.5, 0.6) is 5.75 Å². The third kappa shape index (κ3) is 3.41. The molecule has 0 spiro atoms. The number of carbonyl (C=O) groups is 1. The van der Waals surface area contributed by atoms with E-state index < -0.39 is 0 Å². The molecule has 0 fully saturated rings. The monoisotopic (exact) mass is 379 g/mol. The summed E-state index contributed by atoms with van der Waals surface area (Å²) in [5.41, 5.74) is 4.24. The second kappa shape index (κ2) is 6.85. The molecule has 27 heavy (non-hydrogen) atoms. The van der Waals surface area contributed by atoms with Crippen LogP contribution in [0.3, 0.4) is 0 Å². The van der Waals surface area contributed by atoms with Crippen molar-refractivity contribution in [1.82, 2.24) is 10.1 Å². The molecule has 0 radical (unpaired) electrons. The topological polar surface area (TPSA) is 77.2 Å². The molecular formula is C20H17N3O3S. The van der Waals surface area contributed by atoms with Crippen molar-refractivity contribution in [3.8, 4) is 17.1 Å². The highest BCUT2D eigenvalue weighted by molar-refractivity contribution is 7.22.